The number of nitrogens with zero attached hydrogens (tertiary/aromatic N) is 1. The van der Waals surface area contributed by atoms with Gasteiger partial charge in [-0.15, -0.1) is 0 Å². The average molecular weight is 674 g/mol. The van der Waals surface area contributed by atoms with E-state index in [1.807, 2.05) is 0 Å². The Morgan fingerprint density at radius 1 is 0.226 bits per heavy atom. The van der Waals surface area contributed by atoms with Crippen LogP contribution in [0.15, 0.2) is 212 Å². The molecule has 0 unspecified atom stereocenters. The summed E-state index contributed by atoms with van der Waals surface area (Å²) in [5.41, 5.74) is 10.8. The molecule has 248 valence electrons. The number of benzene rings is 10. The first-order valence-electron chi connectivity index (χ1n) is 18.3. The number of hydrogen-bond donors (Lipinski definition) is 0. The highest BCUT2D eigenvalue weighted by molar-refractivity contribution is 6.24. The van der Waals surface area contributed by atoms with Gasteiger partial charge >= 0.3 is 0 Å². The Hall–Kier alpha value is -6.96. The zero-order valence-corrected chi connectivity index (χ0v) is 29.2. The van der Waals surface area contributed by atoms with Crippen molar-refractivity contribution in [2.24, 2.45) is 0 Å². The Bertz CT molecular complexity index is 2890. The predicted octanol–water partition coefficient (Wildman–Crippen LogP) is 14.8. The van der Waals surface area contributed by atoms with Crippen LogP contribution in [0.25, 0.3) is 76.5 Å². The summed E-state index contributed by atoms with van der Waals surface area (Å²) < 4.78 is 0. The van der Waals surface area contributed by atoms with Crippen LogP contribution in [0, 0.1) is 0 Å². The first kappa shape index (κ1) is 30.8. The van der Waals surface area contributed by atoms with Gasteiger partial charge in [0, 0.05) is 17.1 Å². The molecule has 10 aromatic rings. The summed E-state index contributed by atoms with van der Waals surface area (Å²) in [6, 6.07) is 77.2. The van der Waals surface area contributed by atoms with E-state index in [1.54, 1.807) is 0 Å². The van der Waals surface area contributed by atoms with Gasteiger partial charge in [0.05, 0.1) is 0 Å². The lowest BCUT2D eigenvalue weighted by Gasteiger charge is -2.25. The summed E-state index contributed by atoms with van der Waals surface area (Å²) in [4.78, 5) is 2.32. The maximum atomic E-state index is 2.40. The van der Waals surface area contributed by atoms with Crippen molar-refractivity contribution < 1.29 is 0 Å². The van der Waals surface area contributed by atoms with Crippen molar-refractivity contribution in [1.29, 1.82) is 0 Å². The van der Waals surface area contributed by atoms with Gasteiger partial charge in [-0.25, -0.2) is 0 Å². The van der Waals surface area contributed by atoms with Crippen molar-refractivity contribution >= 4 is 60.2 Å². The lowest BCUT2D eigenvalue weighted by atomic mass is 9.84. The molecular formula is C52H35N. The number of hydrogen-bond acceptors (Lipinski definition) is 1. The lowest BCUT2D eigenvalue weighted by Crippen LogP contribution is -2.09. The van der Waals surface area contributed by atoms with Gasteiger partial charge in [0.1, 0.15) is 0 Å². The number of fused-ring (bicyclic) bond motifs is 4. The summed E-state index contributed by atoms with van der Waals surface area (Å²) in [6.07, 6.45) is 0. The van der Waals surface area contributed by atoms with Crippen LogP contribution in [0.1, 0.15) is 0 Å². The third-order valence-electron chi connectivity index (χ3n) is 10.5. The largest absolute Gasteiger partial charge is 0.310 e. The molecular weight excluding hydrogens is 639 g/mol. The number of anilines is 3. The van der Waals surface area contributed by atoms with Crippen LogP contribution in [0.2, 0.25) is 0 Å². The molecule has 0 heterocycles. The maximum absolute atomic E-state index is 2.40. The SMILES string of the molecule is c1ccc(-c2cccc(-c3c4ccccc4c(-c4ccc5cc(N(c6ccccc6)c6ccccc6)ccc5c4)c4cc5ccccc5cc34)c2)cc1. The van der Waals surface area contributed by atoms with E-state index in [1.165, 1.54) is 76.5 Å². The molecule has 0 saturated carbocycles. The monoisotopic (exact) mass is 673 g/mol. The molecule has 0 radical (unpaired) electrons. The zero-order chi connectivity index (χ0) is 35.1. The van der Waals surface area contributed by atoms with E-state index in [4.69, 9.17) is 0 Å². The van der Waals surface area contributed by atoms with Crippen molar-refractivity contribution in [3.63, 3.8) is 0 Å². The summed E-state index contributed by atoms with van der Waals surface area (Å²) in [5, 5.41) is 9.94. The average Bonchev–Trinajstić information content (AvgIpc) is 3.23. The maximum Gasteiger partial charge on any atom is 0.0468 e. The Morgan fingerprint density at radius 3 is 1.30 bits per heavy atom. The van der Waals surface area contributed by atoms with Gasteiger partial charge in [-0.3, -0.25) is 0 Å². The topological polar surface area (TPSA) is 3.24 Å². The van der Waals surface area contributed by atoms with E-state index in [0.29, 0.717) is 0 Å². The fourth-order valence-corrected chi connectivity index (χ4v) is 8.10. The van der Waals surface area contributed by atoms with Crippen molar-refractivity contribution in [2.45, 2.75) is 0 Å². The molecule has 0 saturated heterocycles. The number of rotatable bonds is 6. The van der Waals surface area contributed by atoms with E-state index in [2.05, 4.69) is 217 Å². The first-order valence-corrected chi connectivity index (χ1v) is 18.3. The minimum absolute atomic E-state index is 1.13. The molecule has 10 rings (SSSR count). The molecule has 0 spiro atoms. The molecule has 0 fully saturated rings. The van der Waals surface area contributed by atoms with Gasteiger partial charge in [0.25, 0.3) is 0 Å². The van der Waals surface area contributed by atoms with Crippen molar-refractivity contribution in [3.05, 3.63) is 212 Å². The first-order chi connectivity index (χ1) is 26.3. The van der Waals surface area contributed by atoms with Crippen molar-refractivity contribution in [3.8, 4) is 33.4 Å². The second-order valence-electron chi connectivity index (χ2n) is 13.7. The molecule has 0 aromatic heterocycles. The van der Waals surface area contributed by atoms with Crippen molar-refractivity contribution in [2.75, 3.05) is 4.90 Å². The fraction of sp³-hybridized carbons (Fsp3) is 0. The van der Waals surface area contributed by atoms with Crippen LogP contribution in [0.5, 0.6) is 0 Å². The highest BCUT2D eigenvalue weighted by atomic mass is 15.1. The third kappa shape index (κ3) is 5.51. The molecule has 0 bridgehead atoms. The minimum Gasteiger partial charge on any atom is -0.310 e. The molecule has 1 nitrogen and oxygen atoms in total. The predicted molar refractivity (Wildman–Crippen MR) is 227 cm³/mol. The molecule has 53 heavy (non-hydrogen) atoms. The van der Waals surface area contributed by atoms with E-state index in [9.17, 15) is 0 Å². The van der Waals surface area contributed by atoms with Crippen LogP contribution in [0.3, 0.4) is 0 Å². The number of para-hydroxylation sites is 2. The van der Waals surface area contributed by atoms with Crippen LogP contribution >= 0.6 is 0 Å². The van der Waals surface area contributed by atoms with E-state index in [-0.39, 0.29) is 0 Å². The lowest BCUT2D eigenvalue weighted by molar-refractivity contribution is 1.29. The van der Waals surface area contributed by atoms with Gasteiger partial charge in [-0.05, 0) is 137 Å². The molecule has 0 aliphatic heterocycles. The molecule has 0 atom stereocenters. The smallest absolute Gasteiger partial charge is 0.0468 e. The molecule has 0 amide bonds. The van der Waals surface area contributed by atoms with Crippen LogP contribution in [0.4, 0.5) is 17.1 Å². The van der Waals surface area contributed by atoms with Gasteiger partial charge in [-0.1, -0.05) is 152 Å². The quantitative estimate of drug-likeness (QED) is 0.159. The summed E-state index contributed by atoms with van der Waals surface area (Å²) in [7, 11) is 0. The molecule has 0 aliphatic rings. The standard InChI is InChI=1S/C52H35N/c1-4-15-36(16-5-1)37-19-14-20-42(31-37)51-47-25-12-13-26-48(47)52(50-35-39-18-11-10-17-38(39)34-49(50)51)43-28-27-41-33-46(30-29-40(41)32-43)53(44-21-6-2-7-22-44)45-23-8-3-9-24-45/h1-35H. The Morgan fingerprint density at radius 2 is 0.679 bits per heavy atom. The molecule has 1 heteroatoms. The van der Waals surface area contributed by atoms with Gasteiger partial charge in [0.2, 0.25) is 0 Å². The molecule has 0 N–H and O–H groups in total. The fourth-order valence-electron chi connectivity index (χ4n) is 8.10. The molecule has 10 aromatic carbocycles. The van der Waals surface area contributed by atoms with Gasteiger partial charge in [0.15, 0.2) is 0 Å². The minimum atomic E-state index is 1.13. The summed E-state index contributed by atoms with van der Waals surface area (Å²) >= 11 is 0. The Balaban J connectivity index is 1.19. The second kappa shape index (κ2) is 13.0. The highest BCUT2D eigenvalue weighted by Gasteiger charge is 2.19. The van der Waals surface area contributed by atoms with Crippen LogP contribution in [-0.4, -0.2) is 0 Å². The second-order valence-corrected chi connectivity index (χ2v) is 13.7. The Kier molecular flexibility index (Phi) is 7.55. The molecule has 0 aliphatic carbocycles. The normalized spacial score (nSPS) is 11.4. The highest BCUT2D eigenvalue weighted by Crippen LogP contribution is 2.46. The van der Waals surface area contributed by atoms with Crippen LogP contribution in [-0.2, 0) is 0 Å². The van der Waals surface area contributed by atoms with E-state index in [0.717, 1.165) is 17.1 Å². The van der Waals surface area contributed by atoms with Gasteiger partial charge < -0.3 is 4.90 Å². The summed E-state index contributed by atoms with van der Waals surface area (Å²) in [5.74, 6) is 0. The zero-order valence-electron chi connectivity index (χ0n) is 29.2. The van der Waals surface area contributed by atoms with E-state index < -0.39 is 0 Å². The third-order valence-corrected chi connectivity index (χ3v) is 10.5. The Labute approximate surface area is 309 Å². The van der Waals surface area contributed by atoms with Crippen molar-refractivity contribution in [1.82, 2.24) is 0 Å². The van der Waals surface area contributed by atoms with Crippen LogP contribution < -0.4 is 4.90 Å². The van der Waals surface area contributed by atoms with Gasteiger partial charge in [-0.2, -0.15) is 0 Å². The van der Waals surface area contributed by atoms with E-state index >= 15 is 0 Å². The summed E-state index contributed by atoms with van der Waals surface area (Å²) in [6.45, 7) is 0.